The largest absolute Gasteiger partial charge is 0.383 e. The summed E-state index contributed by atoms with van der Waals surface area (Å²) in [6, 6.07) is 0.551. The van der Waals surface area contributed by atoms with Gasteiger partial charge in [-0.1, -0.05) is 0 Å². The zero-order chi connectivity index (χ0) is 20.3. The second-order valence-corrected chi connectivity index (χ2v) is 8.53. The lowest BCUT2D eigenvalue weighted by atomic mass is 10.1. The van der Waals surface area contributed by atoms with Crippen LogP contribution in [0, 0.1) is 0 Å². The van der Waals surface area contributed by atoms with E-state index < -0.39 is 0 Å². The highest BCUT2D eigenvalue weighted by molar-refractivity contribution is 5.80. The van der Waals surface area contributed by atoms with Crippen LogP contribution < -0.4 is 5.32 Å². The van der Waals surface area contributed by atoms with Crippen molar-refractivity contribution in [3.05, 3.63) is 0 Å². The van der Waals surface area contributed by atoms with Gasteiger partial charge in [-0.25, -0.2) is 0 Å². The molecule has 7 heteroatoms. The van der Waals surface area contributed by atoms with Gasteiger partial charge in [-0.3, -0.25) is 9.89 Å². The third-order valence-electron chi connectivity index (χ3n) is 6.40. The molecule has 0 aliphatic carbocycles. The number of nitrogens with one attached hydrogen (secondary N) is 1. The van der Waals surface area contributed by atoms with Gasteiger partial charge in [0.1, 0.15) is 0 Å². The van der Waals surface area contributed by atoms with Crippen molar-refractivity contribution in [1.82, 2.24) is 15.1 Å². The lowest BCUT2D eigenvalue weighted by molar-refractivity contribution is -0.0721. The number of ether oxygens (including phenoxy) is 3. The molecule has 3 rings (SSSR count). The van der Waals surface area contributed by atoms with Crippen LogP contribution in [0.25, 0.3) is 0 Å². The fraction of sp³-hybridized carbons (Fsp3) is 0.955. The first-order valence-electron chi connectivity index (χ1n) is 11.8. The monoisotopic (exact) mass is 410 g/mol. The zero-order valence-corrected chi connectivity index (χ0v) is 18.6. The summed E-state index contributed by atoms with van der Waals surface area (Å²) in [6.07, 6.45) is 8.96. The van der Waals surface area contributed by atoms with E-state index in [1.54, 1.807) is 7.11 Å². The van der Waals surface area contributed by atoms with E-state index in [2.05, 4.69) is 22.0 Å². The van der Waals surface area contributed by atoms with Crippen molar-refractivity contribution in [3.8, 4) is 0 Å². The number of rotatable bonds is 9. The summed E-state index contributed by atoms with van der Waals surface area (Å²) in [5.74, 6) is 1.07. The molecular weight excluding hydrogens is 368 g/mol. The van der Waals surface area contributed by atoms with Crippen LogP contribution in [0.4, 0.5) is 0 Å². The van der Waals surface area contributed by atoms with Crippen molar-refractivity contribution in [2.24, 2.45) is 4.99 Å². The average Bonchev–Trinajstić information content (AvgIpc) is 3.22. The van der Waals surface area contributed by atoms with Gasteiger partial charge in [-0.05, 0) is 58.4 Å². The molecule has 0 saturated carbocycles. The van der Waals surface area contributed by atoms with Gasteiger partial charge in [0.2, 0.25) is 0 Å². The summed E-state index contributed by atoms with van der Waals surface area (Å²) >= 11 is 0. The molecule has 3 aliphatic heterocycles. The van der Waals surface area contributed by atoms with Crippen molar-refractivity contribution in [1.29, 1.82) is 0 Å². The van der Waals surface area contributed by atoms with E-state index in [1.165, 1.54) is 32.2 Å². The standard InChI is InChI=1S/C22H42N4O3/c1-3-23-22(24-17-19-7-6-11-25(19)14-16-27-2)26-12-9-20(10-13-26)29-18-21-8-4-5-15-28-21/h19-21H,3-18H2,1-2H3,(H,23,24). The fourth-order valence-corrected chi connectivity index (χ4v) is 4.64. The molecule has 3 fully saturated rings. The predicted molar refractivity (Wildman–Crippen MR) is 117 cm³/mol. The number of guanidine groups is 1. The van der Waals surface area contributed by atoms with E-state index in [4.69, 9.17) is 19.2 Å². The summed E-state index contributed by atoms with van der Waals surface area (Å²) in [5, 5.41) is 3.50. The first-order valence-corrected chi connectivity index (χ1v) is 11.8. The van der Waals surface area contributed by atoms with E-state index in [9.17, 15) is 0 Å². The molecular formula is C22H42N4O3. The highest BCUT2D eigenvalue weighted by Crippen LogP contribution is 2.19. The van der Waals surface area contributed by atoms with Crippen molar-refractivity contribution >= 4 is 5.96 Å². The SMILES string of the molecule is CCNC(=NCC1CCCN1CCOC)N1CCC(OCC2CCCCO2)CC1. The molecule has 1 N–H and O–H groups in total. The van der Waals surface area contributed by atoms with Crippen LogP contribution in [0.15, 0.2) is 4.99 Å². The van der Waals surface area contributed by atoms with Crippen LogP contribution in [-0.2, 0) is 14.2 Å². The molecule has 2 unspecified atom stereocenters. The maximum absolute atomic E-state index is 6.17. The van der Waals surface area contributed by atoms with Crippen molar-refractivity contribution in [2.45, 2.75) is 70.1 Å². The molecule has 0 bridgehead atoms. The van der Waals surface area contributed by atoms with Crippen LogP contribution in [-0.4, -0.2) is 100 Å². The van der Waals surface area contributed by atoms with Crippen LogP contribution in [0.1, 0.15) is 51.9 Å². The molecule has 0 aromatic heterocycles. The average molecular weight is 411 g/mol. The molecule has 3 aliphatic rings. The van der Waals surface area contributed by atoms with Crippen LogP contribution in [0.3, 0.4) is 0 Å². The van der Waals surface area contributed by atoms with Gasteiger partial charge in [-0.2, -0.15) is 0 Å². The third-order valence-corrected chi connectivity index (χ3v) is 6.40. The minimum absolute atomic E-state index is 0.313. The van der Waals surface area contributed by atoms with Gasteiger partial charge in [0.05, 0.1) is 32.0 Å². The van der Waals surface area contributed by atoms with Crippen molar-refractivity contribution in [3.63, 3.8) is 0 Å². The number of aliphatic imine (C=N–C) groups is 1. The Morgan fingerprint density at radius 2 is 1.97 bits per heavy atom. The lowest BCUT2D eigenvalue weighted by Gasteiger charge is -2.35. The second kappa shape index (κ2) is 12.7. The van der Waals surface area contributed by atoms with Crippen molar-refractivity contribution in [2.75, 3.05) is 66.2 Å². The number of hydrogen-bond donors (Lipinski definition) is 1. The van der Waals surface area contributed by atoms with Crippen molar-refractivity contribution < 1.29 is 14.2 Å². The van der Waals surface area contributed by atoms with E-state index in [0.717, 1.165) is 77.8 Å². The molecule has 29 heavy (non-hydrogen) atoms. The number of methoxy groups -OCH3 is 1. The minimum atomic E-state index is 0.313. The smallest absolute Gasteiger partial charge is 0.193 e. The molecule has 0 aromatic carbocycles. The summed E-state index contributed by atoms with van der Waals surface area (Å²) in [6.45, 7) is 10.6. The van der Waals surface area contributed by atoms with Gasteiger partial charge >= 0.3 is 0 Å². The maximum Gasteiger partial charge on any atom is 0.193 e. The number of hydrogen-bond acceptors (Lipinski definition) is 5. The molecule has 0 radical (unpaired) electrons. The third kappa shape index (κ3) is 7.39. The molecule has 0 amide bonds. The topological polar surface area (TPSA) is 58.6 Å². The van der Waals surface area contributed by atoms with Crippen LogP contribution >= 0.6 is 0 Å². The van der Waals surface area contributed by atoms with Crippen LogP contribution in [0.5, 0.6) is 0 Å². The Morgan fingerprint density at radius 1 is 1.10 bits per heavy atom. The zero-order valence-electron chi connectivity index (χ0n) is 18.6. The Kier molecular flexibility index (Phi) is 10.00. The molecule has 0 aromatic rings. The van der Waals surface area contributed by atoms with Gasteiger partial charge < -0.3 is 24.4 Å². The first-order chi connectivity index (χ1) is 14.3. The number of nitrogens with zero attached hydrogens (tertiary/aromatic N) is 3. The van der Waals surface area contributed by atoms with Gasteiger partial charge in [0, 0.05) is 45.9 Å². The Labute approximate surface area is 177 Å². The molecule has 168 valence electrons. The summed E-state index contributed by atoms with van der Waals surface area (Å²) in [4.78, 5) is 9.95. The van der Waals surface area contributed by atoms with Crippen LogP contribution in [0.2, 0.25) is 0 Å². The Balaban J connectivity index is 1.42. The second-order valence-electron chi connectivity index (χ2n) is 8.53. The fourth-order valence-electron chi connectivity index (χ4n) is 4.64. The number of likely N-dealkylation sites (tertiary alicyclic amines) is 2. The Bertz CT molecular complexity index is 477. The van der Waals surface area contributed by atoms with E-state index in [0.29, 0.717) is 18.2 Å². The van der Waals surface area contributed by atoms with Gasteiger partial charge in [0.25, 0.3) is 0 Å². The molecule has 7 nitrogen and oxygen atoms in total. The summed E-state index contributed by atoms with van der Waals surface area (Å²) in [7, 11) is 1.78. The lowest BCUT2D eigenvalue weighted by Crippen LogP contribution is -2.48. The molecule has 3 saturated heterocycles. The highest BCUT2D eigenvalue weighted by Gasteiger charge is 2.26. The van der Waals surface area contributed by atoms with E-state index >= 15 is 0 Å². The first kappa shape index (κ1) is 22.8. The minimum Gasteiger partial charge on any atom is -0.383 e. The van der Waals surface area contributed by atoms with Gasteiger partial charge in [0.15, 0.2) is 5.96 Å². The summed E-state index contributed by atoms with van der Waals surface area (Å²) in [5.41, 5.74) is 0. The Hall–Kier alpha value is -0.890. The Morgan fingerprint density at radius 3 is 2.69 bits per heavy atom. The number of piperidine rings is 1. The molecule has 0 spiro atoms. The van der Waals surface area contributed by atoms with E-state index in [1.807, 2.05) is 0 Å². The predicted octanol–water partition coefficient (Wildman–Crippen LogP) is 2.11. The molecule has 2 atom stereocenters. The highest BCUT2D eigenvalue weighted by atomic mass is 16.5. The maximum atomic E-state index is 6.17. The normalized spacial score (nSPS) is 27.5. The quantitative estimate of drug-likeness (QED) is 0.464. The summed E-state index contributed by atoms with van der Waals surface area (Å²) < 4.78 is 17.2. The van der Waals surface area contributed by atoms with Gasteiger partial charge in [-0.15, -0.1) is 0 Å². The van der Waals surface area contributed by atoms with E-state index in [-0.39, 0.29) is 0 Å². The molecule has 3 heterocycles.